The molecule has 4 aliphatic rings. The van der Waals surface area contributed by atoms with Crippen LogP contribution in [-0.4, -0.2) is 91.9 Å². The summed E-state index contributed by atoms with van der Waals surface area (Å²) in [6, 6.07) is 28.8. The molecule has 0 amide bonds. The minimum Gasteiger partial charge on any atom is -0.387 e. The summed E-state index contributed by atoms with van der Waals surface area (Å²) >= 11 is 0. The molecule has 2 N–H and O–H groups in total. The van der Waals surface area contributed by atoms with Crippen molar-refractivity contribution in [3.05, 3.63) is 108 Å². The lowest BCUT2D eigenvalue weighted by molar-refractivity contribution is -0.406. The maximum atomic E-state index is 11.2. The molecular weight excluding hydrogens is 584 g/mol. The van der Waals surface area contributed by atoms with Crippen LogP contribution >= 0.6 is 0 Å². The standard InChI is InChI=1S/C34H38O11/c1-37-34-30(45-33-26(36)25(35)27-23(41-33)18-39-31(43-27)21-13-7-3-8-14-21)29(38-17-20-11-5-2-6-12-20)28-24(42-34)19-40-32(44-28)22-15-9-4-10-16-22/h2-16,23-36H,17-19H2,1H3/t23-,24-,25+,26-,27-,28-,29+,30-,31?,32?,33+,34-/m1/s1. The smallest absolute Gasteiger partial charge is 0.187 e. The fraction of sp³-hybridized carbons (Fsp3) is 0.471. The van der Waals surface area contributed by atoms with E-state index in [1.165, 1.54) is 7.11 Å². The first kappa shape index (κ1) is 30.9. The van der Waals surface area contributed by atoms with E-state index in [1.54, 1.807) is 0 Å². The number of rotatable bonds is 8. The van der Waals surface area contributed by atoms with Gasteiger partial charge in [0.25, 0.3) is 0 Å². The summed E-state index contributed by atoms with van der Waals surface area (Å²) in [5.74, 6) is 0. The highest BCUT2D eigenvalue weighted by Gasteiger charge is 2.55. The van der Waals surface area contributed by atoms with E-state index in [0.29, 0.717) is 0 Å². The molecular formula is C34H38O11. The van der Waals surface area contributed by atoms with Crippen LogP contribution in [0.3, 0.4) is 0 Å². The maximum absolute atomic E-state index is 11.2. The summed E-state index contributed by atoms with van der Waals surface area (Å²) in [6.45, 7) is 0.625. The number of hydrogen-bond donors (Lipinski definition) is 2. The lowest BCUT2D eigenvalue weighted by Gasteiger charge is -2.51. The fourth-order valence-corrected chi connectivity index (χ4v) is 6.24. The third-order valence-corrected chi connectivity index (χ3v) is 8.57. The highest BCUT2D eigenvalue weighted by molar-refractivity contribution is 5.18. The van der Waals surface area contributed by atoms with Crippen molar-refractivity contribution in [2.75, 3.05) is 20.3 Å². The van der Waals surface area contributed by atoms with E-state index in [2.05, 4.69) is 0 Å². The van der Waals surface area contributed by atoms with E-state index >= 15 is 0 Å². The molecule has 0 bridgehead atoms. The van der Waals surface area contributed by atoms with Gasteiger partial charge in [0.2, 0.25) is 0 Å². The van der Waals surface area contributed by atoms with Crippen molar-refractivity contribution in [1.82, 2.24) is 0 Å². The van der Waals surface area contributed by atoms with Crippen molar-refractivity contribution >= 4 is 0 Å². The molecule has 4 aliphatic heterocycles. The molecule has 12 atom stereocenters. The van der Waals surface area contributed by atoms with E-state index in [4.69, 9.17) is 42.6 Å². The molecule has 0 aliphatic carbocycles. The Morgan fingerprint density at radius 2 is 1.16 bits per heavy atom. The second kappa shape index (κ2) is 13.9. The molecule has 2 unspecified atom stereocenters. The van der Waals surface area contributed by atoms with Crippen molar-refractivity contribution in [3.63, 3.8) is 0 Å². The third-order valence-electron chi connectivity index (χ3n) is 8.57. The summed E-state index contributed by atoms with van der Waals surface area (Å²) in [6.07, 6.45) is -10.6. The number of benzene rings is 3. The van der Waals surface area contributed by atoms with E-state index in [-0.39, 0.29) is 19.8 Å². The number of aliphatic hydroxyl groups excluding tert-OH is 2. The molecule has 4 saturated heterocycles. The second-order valence-corrected chi connectivity index (χ2v) is 11.5. The lowest BCUT2D eigenvalue weighted by atomic mass is 9.95. The van der Waals surface area contributed by atoms with Crippen molar-refractivity contribution in [2.24, 2.45) is 0 Å². The number of aliphatic hydroxyl groups is 2. The summed E-state index contributed by atoms with van der Waals surface area (Å²) in [5.41, 5.74) is 2.61. The van der Waals surface area contributed by atoms with Crippen LogP contribution in [0.5, 0.6) is 0 Å². The molecule has 0 spiro atoms. The Bertz CT molecular complexity index is 1350. The van der Waals surface area contributed by atoms with Crippen LogP contribution in [0.1, 0.15) is 29.3 Å². The third kappa shape index (κ3) is 6.57. The lowest BCUT2D eigenvalue weighted by Crippen LogP contribution is -2.67. The topological polar surface area (TPSA) is 124 Å². The van der Waals surface area contributed by atoms with Gasteiger partial charge in [-0.1, -0.05) is 91.0 Å². The summed E-state index contributed by atoms with van der Waals surface area (Å²) in [7, 11) is 1.50. The predicted molar refractivity (Wildman–Crippen MR) is 156 cm³/mol. The van der Waals surface area contributed by atoms with Gasteiger partial charge >= 0.3 is 0 Å². The molecule has 240 valence electrons. The van der Waals surface area contributed by atoms with Gasteiger partial charge in [0.1, 0.15) is 48.8 Å². The molecule has 0 aromatic heterocycles. The largest absolute Gasteiger partial charge is 0.387 e. The predicted octanol–water partition coefficient (Wildman–Crippen LogP) is 3.00. The summed E-state index contributed by atoms with van der Waals surface area (Å²) in [4.78, 5) is 0. The highest BCUT2D eigenvalue weighted by atomic mass is 16.8. The number of fused-ring (bicyclic) bond motifs is 2. The van der Waals surface area contributed by atoms with Crippen LogP contribution < -0.4 is 0 Å². The number of hydrogen-bond acceptors (Lipinski definition) is 11. The fourth-order valence-electron chi connectivity index (χ4n) is 6.24. The molecule has 45 heavy (non-hydrogen) atoms. The zero-order chi connectivity index (χ0) is 30.8. The van der Waals surface area contributed by atoms with Crippen molar-refractivity contribution in [1.29, 1.82) is 0 Å². The van der Waals surface area contributed by atoms with Gasteiger partial charge in [-0.25, -0.2) is 0 Å². The van der Waals surface area contributed by atoms with Crippen LogP contribution in [0, 0.1) is 0 Å². The van der Waals surface area contributed by atoms with Crippen LogP contribution in [0.25, 0.3) is 0 Å². The van der Waals surface area contributed by atoms with Crippen LogP contribution in [0.15, 0.2) is 91.0 Å². The van der Waals surface area contributed by atoms with E-state index < -0.39 is 74.0 Å². The second-order valence-electron chi connectivity index (χ2n) is 11.5. The van der Waals surface area contributed by atoms with Gasteiger partial charge in [0, 0.05) is 18.2 Å². The Morgan fingerprint density at radius 3 is 1.76 bits per heavy atom. The monoisotopic (exact) mass is 622 g/mol. The van der Waals surface area contributed by atoms with Gasteiger partial charge in [-0.15, -0.1) is 0 Å². The van der Waals surface area contributed by atoms with Gasteiger partial charge < -0.3 is 52.8 Å². The van der Waals surface area contributed by atoms with Gasteiger partial charge in [0.15, 0.2) is 25.2 Å². The number of methoxy groups -OCH3 is 1. The first-order valence-corrected chi connectivity index (χ1v) is 15.2. The minimum absolute atomic E-state index is 0.126. The minimum atomic E-state index is -1.45. The Kier molecular flexibility index (Phi) is 9.54. The molecule has 11 heteroatoms. The zero-order valence-electron chi connectivity index (χ0n) is 24.8. The molecule has 4 fully saturated rings. The van der Waals surface area contributed by atoms with Crippen LogP contribution in [-0.2, 0) is 49.2 Å². The van der Waals surface area contributed by atoms with Gasteiger partial charge in [-0.3, -0.25) is 0 Å². The Hall–Kier alpha value is -2.78. The van der Waals surface area contributed by atoms with E-state index in [1.807, 2.05) is 91.0 Å². The van der Waals surface area contributed by atoms with E-state index in [0.717, 1.165) is 16.7 Å². The zero-order valence-corrected chi connectivity index (χ0v) is 24.8. The Labute approximate surface area is 261 Å². The SMILES string of the molecule is CO[C@@H]1O[C@@H]2COC(c3ccccc3)O[C@H]2[C@H](OCc2ccccc2)[C@H]1O[C@@H]1O[C@@H]2COC(c3ccccc3)O[C@H]2[C@@H](O)[C@H]1O. The Balaban J connectivity index is 1.11. The van der Waals surface area contributed by atoms with E-state index in [9.17, 15) is 10.2 Å². The average Bonchev–Trinajstić information content (AvgIpc) is 3.10. The summed E-state index contributed by atoms with van der Waals surface area (Å²) < 4.78 is 55.6. The first-order valence-electron chi connectivity index (χ1n) is 15.2. The highest BCUT2D eigenvalue weighted by Crippen LogP contribution is 2.39. The summed E-state index contributed by atoms with van der Waals surface area (Å²) in [5, 5.41) is 22.4. The van der Waals surface area contributed by atoms with Crippen LogP contribution in [0.4, 0.5) is 0 Å². The quantitative estimate of drug-likeness (QED) is 0.386. The maximum Gasteiger partial charge on any atom is 0.187 e. The van der Waals surface area contributed by atoms with Crippen molar-refractivity contribution in [3.8, 4) is 0 Å². The first-order chi connectivity index (χ1) is 22.1. The average molecular weight is 623 g/mol. The Morgan fingerprint density at radius 1 is 0.622 bits per heavy atom. The van der Waals surface area contributed by atoms with Crippen LogP contribution in [0.2, 0.25) is 0 Å². The van der Waals surface area contributed by atoms with Gasteiger partial charge in [0.05, 0.1) is 19.8 Å². The molecule has 4 heterocycles. The molecule has 7 rings (SSSR count). The van der Waals surface area contributed by atoms with Crippen molar-refractivity contribution < 1.29 is 52.8 Å². The number of ether oxygens (including phenoxy) is 9. The normalized spacial score (nSPS) is 38.2. The van der Waals surface area contributed by atoms with Crippen molar-refractivity contribution in [2.45, 2.75) is 80.6 Å². The molecule has 0 radical (unpaired) electrons. The molecule has 3 aromatic rings. The molecule has 0 saturated carbocycles. The van der Waals surface area contributed by atoms with Gasteiger partial charge in [-0.05, 0) is 5.56 Å². The van der Waals surface area contributed by atoms with Gasteiger partial charge in [-0.2, -0.15) is 0 Å². The molecule has 3 aromatic carbocycles. The molecule has 11 nitrogen and oxygen atoms in total.